The first-order valence-corrected chi connectivity index (χ1v) is 11.5. The van der Waals surface area contributed by atoms with Gasteiger partial charge >= 0.3 is 0 Å². The highest BCUT2D eigenvalue weighted by molar-refractivity contribution is 5.90. The minimum absolute atomic E-state index is 0.158. The molecule has 1 heterocycles. The van der Waals surface area contributed by atoms with Crippen LogP contribution in [0.1, 0.15) is 31.2 Å². The molecule has 0 radical (unpaired) electrons. The van der Waals surface area contributed by atoms with Crippen molar-refractivity contribution in [3.63, 3.8) is 0 Å². The number of para-hydroxylation sites is 1. The van der Waals surface area contributed by atoms with Crippen molar-refractivity contribution < 1.29 is 9.84 Å². The molecule has 0 atom stereocenters. The van der Waals surface area contributed by atoms with E-state index in [2.05, 4.69) is 22.8 Å². The minimum Gasteiger partial charge on any atom is -0.504 e. The van der Waals surface area contributed by atoms with Gasteiger partial charge in [-0.15, -0.1) is 0 Å². The Morgan fingerprint density at radius 2 is 1.82 bits per heavy atom. The van der Waals surface area contributed by atoms with E-state index in [4.69, 9.17) is 14.7 Å². The van der Waals surface area contributed by atoms with Gasteiger partial charge in [0.05, 0.1) is 12.6 Å². The quantitative estimate of drug-likeness (QED) is 0.471. The lowest BCUT2D eigenvalue weighted by Gasteiger charge is -2.29. The van der Waals surface area contributed by atoms with Gasteiger partial charge in [-0.25, -0.2) is 4.98 Å². The van der Waals surface area contributed by atoms with Gasteiger partial charge in [-0.2, -0.15) is 4.98 Å². The van der Waals surface area contributed by atoms with Crippen LogP contribution in [0.5, 0.6) is 11.5 Å². The fourth-order valence-corrected chi connectivity index (χ4v) is 4.32. The number of hydrogen-bond acceptors (Lipinski definition) is 7. The molecule has 1 aliphatic rings. The molecule has 174 valence electrons. The lowest BCUT2D eigenvalue weighted by atomic mass is 9.91. The van der Waals surface area contributed by atoms with Crippen LogP contribution in [0.25, 0.3) is 17.0 Å². The molecule has 0 unspecified atom stereocenters. The molecule has 0 bridgehead atoms. The van der Waals surface area contributed by atoms with Crippen molar-refractivity contribution >= 4 is 28.7 Å². The number of rotatable bonds is 8. The van der Waals surface area contributed by atoms with Gasteiger partial charge in [-0.3, -0.25) is 0 Å². The zero-order valence-corrected chi connectivity index (χ0v) is 19.6. The maximum atomic E-state index is 9.70. The summed E-state index contributed by atoms with van der Waals surface area (Å²) in [6, 6.07) is 14.4. The van der Waals surface area contributed by atoms with Crippen molar-refractivity contribution in [1.29, 1.82) is 0 Å². The first-order valence-electron chi connectivity index (χ1n) is 11.5. The van der Waals surface area contributed by atoms with Gasteiger partial charge in [0.1, 0.15) is 5.82 Å². The Kier molecular flexibility index (Phi) is 7.29. The predicted molar refractivity (Wildman–Crippen MR) is 135 cm³/mol. The third-order valence-corrected chi connectivity index (χ3v) is 6.11. The Hall–Kier alpha value is -3.32. The summed E-state index contributed by atoms with van der Waals surface area (Å²) in [6.45, 7) is 0.811. The normalized spacial score (nSPS) is 18.5. The lowest BCUT2D eigenvalue weighted by molar-refractivity contribution is 0.363. The van der Waals surface area contributed by atoms with Crippen LogP contribution in [0.4, 0.5) is 11.8 Å². The van der Waals surface area contributed by atoms with Gasteiger partial charge in [-0.05, 0) is 55.5 Å². The van der Waals surface area contributed by atoms with Crippen LogP contribution in [0.15, 0.2) is 48.5 Å². The van der Waals surface area contributed by atoms with Gasteiger partial charge in [0, 0.05) is 38.1 Å². The van der Waals surface area contributed by atoms with Crippen LogP contribution in [0.2, 0.25) is 0 Å². The van der Waals surface area contributed by atoms with Gasteiger partial charge in [0.15, 0.2) is 11.5 Å². The van der Waals surface area contributed by atoms with Gasteiger partial charge in [0.2, 0.25) is 5.95 Å². The van der Waals surface area contributed by atoms with Crippen LogP contribution in [0.3, 0.4) is 0 Å². The number of phenols is 1. The molecule has 33 heavy (non-hydrogen) atoms. The molecule has 2 aromatic carbocycles. The number of benzene rings is 2. The number of phenolic OH excluding ortho intramolecular Hbond substituents is 1. The Bertz CT molecular complexity index is 1110. The maximum Gasteiger partial charge on any atom is 0.225 e. The molecule has 0 amide bonds. The molecule has 1 aliphatic carbocycles. The number of aromatic nitrogens is 2. The van der Waals surface area contributed by atoms with E-state index < -0.39 is 0 Å². The fraction of sp³-hybridized carbons (Fsp3) is 0.385. The fourth-order valence-electron chi connectivity index (χ4n) is 4.32. The molecular formula is C26H33N5O2. The number of nitrogens with zero attached hydrogens (tertiary/aromatic N) is 3. The molecule has 0 spiro atoms. The number of methoxy groups -OCH3 is 1. The third-order valence-electron chi connectivity index (χ3n) is 6.11. The first kappa shape index (κ1) is 22.9. The van der Waals surface area contributed by atoms with E-state index in [-0.39, 0.29) is 5.75 Å². The SMILES string of the molecule is COc1cc(/C=C/CNC2CCC(Nc3nc(N(C)C)c4ccccc4n3)CC2)ccc1O. The summed E-state index contributed by atoms with van der Waals surface area (Å²) in [7, 11) is 5.59. The summed E-state index contributed by atoms with van der Waals surface area (Å²) in [6.07, 6.45) is 8.57. The van der Waals surface area contributed by atoms with Crippen LogP contribution in [0, 0.1) is 0 Å². The van der Waals surface area contributed by atoms with Crippen molar-refractivity contribution in [2.45, 2.75) is 37.8 Å². The molecule has 7 nitrogen and oxygen atoms in total. The highest BCUT2D eigenvalue weighted by Gasteiger charge is 2.21. The molecule has 3 aromatic rings. The number of anilines is 2. The van der Waals surface area contributed by atoms with Crippen LogP contribution in [-0.2, 0) is 0 Å². The zero-order valence-electron chi connectivity index (χ0n) is 19.6. The van der Waals surface area contributed by atoms with E-state index >= 15 is 0 Å². The minimum atomic E-state index is 0.158. The summed E-state index contributed by atoms with van der Waals surface area (Å²) in [5.41, 5.74) is 1.97. The largest absolute Gasteiger partial charge is 0.504 e. The van der Waals surface area contributed by atoms with E-state index in [0.29, 0.717) is 23.8 Å². The molecule has 7 heteroatoms. The third kappa shape index (κ3) is 5.73. The predicted octanol–water partition coefficient (Wildman–Crippen LogP) is 4.44. The second kappa shape index (κ2) is 10.5. The monoisotopic (exact) mass is 447 g/mol. The molecule has 0 aliphatic heterocycles. The number of fused-ring (bicyclic) bond motifs is 1. The van der Waals surface area contributed by atoms with E-state index in [9.17, 15) is 5.11 Å². The Morgan fingerprint density at radius 1 is 1.06 bits per heavy atom. The Balaban J connectivity index is 1.27. The number of aromatic hydroxyl groups is 1. The molecule has 0 saturated heterocycles. The Morgan fingerprint density at radius 3 is 2.58 bits per heavy atom. The van der Waals surface area contributed by atoms with Crippen molar-refractivity contribution in [3.05, 3.63) is 54.1 Å². The smallest absolute Gasteiger partial charge is 0.225 e. The van der Waals surface area contributed by atoms with Crippen LogP contribution < -0.4 is 20.3 Å². The van der Waals surface area contributed by atoms with E-state index in [1.165, 1.54) is 0 Å². The van der Waals surface area contributed by atoms with Crippen LogP contribution in [-0.4, -0.2) is 54.9 Å². The standard InChI is InChI=1S/C26H33N5O2/c1-31(2)25-21-8-4-5-9-22(21)29-26(30-25)28-20-13-11-19(12-14-20)27-16-6-7-18-10-15-23(32)24(17-18)33-3/h4-10,15,17,19-20,27,32H,11-14,16H2,1-3H3,(H,28,29,30)/b7-6+. The highest BCUT2D eigenvalue weighted by atomic mass is 16.5. The highest BCUT2D eigenvalue weighted by Crippen LogP contribution is 2.27. The van der Waals surface area contributed by atoms with E-state index in [1.54, 1.807) is 13.2 Å². The average Bonchev–Trinajstić information content (AvgIpc) is 2.83. The van der Waals surface area contributed by atoms with E-state index in [0.717, 1.165) is 54.5 Å². The van der Waals surface area contributed by atoms with Crippen molar-refractivity contribution in [3.8, 4) is 11.5 Å². The number of ether oxygens (including phenoxy) is 1. The second-order valence-corrected chi connectivity index (χ2v) is 8.72. The summed E-state index contributed by atoms with van der Waals surface area (Å²) in [5, 5.41) is 18.0. The number of hydrogen-bond donors (Lipinski definition) is 3. The molecule has 1 fully saturated rings. The maximum absolute atomic E-state index is 9.70. The van der Waals surface area contributed by atoms with Crippen LogP contribution >= 0.6 is 0 Å². The number of nitrogens with one attached hydrogen (secondary N) is 2. The molecular weight excluding hydrogens is 414 g/mol. The second-order valence-electron chi connectivity index (χ2n) is 8.72. The average molecular weight is 448 g/mol. The zero-order chi connectivity index (χ0) is 23.2. The summed E-state index contributed by atoms with van der Waals surface area (Å²) >= 11 is 0. The Labute approximate surface area is 195 Å². The first-order chi connectivity index (χ1) is 16.0. The van der Waals surface area contributed by atoms with Crippen molar-refractivity contribution in [2.75, 3.05) is 38.0 Å². The van der Waals surface area contributed by atoms with E-state index in [1.807, 2.05) is 55.4 Å². The summed E-state index contributed by atoms with van der Waals surface area (Å²) in [4.78, 5) is 11.6. The summed E-state index contributed by atoms with van der Waals surface area (Å²) in [5.74, 6) is 2.30. The molecule has 4 rings (SSSR count). The molecule has 3 N–H and O–H groups in total. The van der Waals surface area contributed by atoms with Crippen molar-refractivity contribution in [2.24, 2.45) is 0 Å². The van der Waals surface area contributed by atoms with Gasteiger partial charge < -0.3 is 25.4 Å². The molecule has 1 aromatic heterocycles. The lowest BCUT2D eigenvalue weighted by Crippen LogP contribution is -2.37. The van der Waals surface area contributed by atoms with Gasteiger partial charge in [-0.1, -0.05) is 30.4 Å². The topological polar surface area (TPSA) is 82.5 Å². The summed E-state index contributed by atoms with van der Waals surface area (Å²) < 4.78 is 5.16. The molecule has 1 saturated carbocycles. The van der Waals surface area contributed by atoms with Crippen molar-refractivity contribution in [1.82, 2.24) is 15.3 Å². The van der Waals surface area contributed by atoms with Gasteiger partial charge in [0.25, 0.3) is 0 Å².